The van der Waals surface area contributed by atoms with Crippen LogP contribution in [0.1, 0.15) is 48.9 Å². The summed E-state index contributed by atoms with van der Waals surface area (Å²) in [5, 5.41) is 8.43. The lowest BCUT2D eigenvalue weighted by atomic mass is 10.1. The normalized spacial score (nSPS) is 17.7. The van der Waals surface area contributed by atoms with Crippen molar-refractivity contribution in [1.29, 1.82) is 0 Å². The summed E-state index contributed by atoms with van der Waals surface area (Å²) in [4.78, 5) is 15.1. The first kappa shape index (κ1) is 15.9. The first-order valence-electron chi connectivity index (χ1n) is 8.89. The van der Waals surface area contributed by atoms with E-state index in [1.807, 2.05) is 46.0 Å². The number of likely N-dealkylation sites (tertiary alicyclic amines) is 1. The van der Waals surface area contributed by atoms with Gasteiger partial charge in [0, 0.05) is 31.0 Å². The van der Waals surface area contributed by atoms with Gasteiger partial charge in [-0.2, -0.15) is 0 Å². The number of aromatic nitrogens is 4. The highest BCUT2D eigenvalue weighted by Crippen LogP contribution is 2.32. The first-order chi connectivity index (χ1) is 12.1. The van der Waals surface area contributed by atoms with Crippen molar-refractivity contribution in [3.63, 3.8) is 0 Å². The molecule has 1 aliphatic heterocycles. The molecule has 1 aliphatic rings. The van der Waals surface area contributed by atoms with Gasteiger partial charge in [-0.3, -0.25) is 4.79 Å². The highest BCUT2D eigenvalue weighted by atomic mass is 16.2. The maximum Gasteiger partial charge on any atom is 0.256 e. The molecule has 0 aliphatic carbocycles. The van der Waals surface area contributed by atoms with Crippen LogP contribution < -0.4 is 0 Å². The molecule has 3 aromatic heterocycles. The Morgan fingerprint density at radius 1 is 1.36 bits per heavy atom. The van der Waals surface area contributed by atoms with Crippen molar-refractivity contribution < 1.29 is 4.79 Å². The second kappa shape index (κ2) is 6.35. The van der Waals surface area contributed by atoms with Gasteiger partial charge >= 0.3 is 0 Å². The highest BCUT2D eigenvalue weighted by molar-refractivity contribution is 5.96. The Balaban J connectivity index is 1.63. The summed E-state index contributed by atoms with van der Waals surface area (Å²) in [5.74, 6) is 1.49. The molecule has 0 bridgehead atoms. The summed E-state index contributed by atoms with van der Waals surface area (Å²) in [6.45, 7) is 5.99. The fourth-order valence-electron chi connectivity index (χ4n) is 3.67. The summed E-state index contributed by atoms with van der Waals surface area (Å²) in [6.07, 6.45) is 7.59. The average Bonchev–Trinajstić information content (AvgIpc) is 3.31. The molecular weight excluding hydrogens is 314 g/mol. The predicted octanol–water partition coefficient (Wildman–Crippen LogP) is 3.16. The molecule has 1 amide bonds. The zero-order chi connectivity index (χ0) is 17.4. The van der Waals surface area contributed by atoms with E-state index in [0.717, 1.165) is 42.8 Å². The summed E-state index contributed by atoms with van der Waals surface area (Å²) in [7, 11) is 0. The minimum Gasteiger partial charge on any atom is -0.328 e. The molecule has 6 nitrogen and oxygen atoms in total. The van der Waals surface area contributed by atoms with Crippen molar-refractivity contribution in [2.75, 3.05) is 6.54 Å². The Morgan fingerprint density at radius 2 is 2.24 bits per heavy atom. The Labute approximate surface area is 147 Å². The molecule has 0 saturated carbocycles. The third kappa shape index (κ3) is 2.92. The molecule has 6 heteroatoms. The number of fused-ring (bicyclic) bond motifs is 1. The molecule has 0 aromatic carbocycles. The van der Waals surface area contributed by atoms with Crippen LogP contribution in [-0.4, -0.2) is 36.5 Å². The Hall–Kier alpha value is -2.63. The van der Waals surface area contributed by atoms with Gasteiger partial charge in [-0.25, -0.2) is 0 Å². The largest absolute Gasteiger partial charge is 0.328 e. The maximum absolute atomic E-state index is 13.1. The number of hydrogen-bond donors (Lipinski definition) is 0. The van der Waals surface area contributed by atoms with Gasteiger partial charge in [0.1, 0.15) is 6.33 Å². The number of amides is 1. The monoisotopic (exact) mass is 337 g/mol. The van der Waals surface area contributed by atoms with E-state index in [0.29, 0.717) is 5.92 Å². The van der Waals surface area contributed by atoms with Gasteiger partial charge < -0.3 is 13.9 Å². The van der Waals surface area contributed by atoms with Crippen LogP contribution in [0.5, 0.6) is 0 Å². The van der Waals surface area contributed by atoms with Crippen LogP contribution in [-0.2, 0) is 6.54 Å². The quantitative estimate of drug-likeness (QED) is 0.735. The molecule has 4 rings (SSSR count). The van der Waals surface area contributed by atoms with Gasteiger partial charge in [0.15, 0.2) is 5.82 Å². The van der Waals surface area contributed by atoms with Crippen molar-refractivity contribution in [3.8, 4) is 0 Å². The molecule has 0 radical (unpaired) electrons. The fourth-order valence-corrected chi connectivity index (χ4v) is 3.67. The van der Waals surface area contributed by atoms with E-state index in [1.165, 1.54) is 0 Å². The number of hydrogen-bond acceptors (Lipinski definition) is 3. The van der Waals surface area contributed by atoms with Gasteiger partial charge in [-0.1, -0.05) is 19.9 Å². The molecule has 1 unspecified atom stereocenters. The second-order valence-electron chi connectivity index (χ2n) is 7.15. The standard InChI is InChI=1S/C19H23N5O/c1-14(2)11-23-13-20-21-18(23)17-7-5-9-24(17)19(25)15-10-16-6-3-4-8-22(16)12-15/h3-4,6,8,10,12-14,17H,5,7,9,11H2,1-2H3. The van der Waals surface area contributed by atoms with E-state index in [1.54, 1.807) is 6.33 Å². The summed E-state index contributed by atoms with van der Waals surface area (Å²) in [6, 6.07) is 7.93. The van der Waals surface area contributed by atoms with Crippen LogP contribution in [0.4, 0.5) is 0 Å². The number of carbonyl (C=O) groups excluding carboxylic acids is 1. The lowest BCUT2D eigenvalue weighted by Gasteiger charge is -2.24. The van der Waals surface area contributed by atoms with Crippen molar-refractivity contribution in [3.05, 3.63) is 54.4 Å². The third-order valence-electron chi connectivity index (χ3n) is 4.77. The number of rotatable bonds is 4. The second-order valence-corrected chi connectivity index (χ2v) is 7.15. The van der Waals surface area contributed by atoms with Gasteiger partial charge in [0.05, 0.1) is 11.6 Å². The van der Waals surface area contributed by atoms with Crippen molar-refractivity contribution in [1.82, 2.24) is 24.1 Å². The minimum atomic E-state index is 0.0109. The fraction of sp³-hybridized carbons (Fsp3) is 0.421. The van der Waals surface area contributed by atoms with E-state index in [2.05, 4.69) is 28.6 Å². The Morgan fingerprint density at radius 3 is 3.04 bits per heavy atom. The first-order valence-corrected chi connectivity index (χ1v) is 8.89. The zero-order valence-electron chi connectivity index (χ0n) is 14.7. The van der Waals surface area contributed by atoms with Crippen LogP contribution >= 0.6 is 0 Å². The van der Waals surface area contributed by atoms with Crippen LogP contribution in [0.15, 0.2) is 43.0 Å². The molecule has 0 spiro atoms. The Kier molecular flexibility index (Phi) is 4.03. The van der Waals surface area contributed by atoms with E-state index in [9.17, 15) is 4.79 Å². The van der Waals surface area contributed by atoms with Crippen LogP contribution in [0, 0.1) is 5.92 Å². The highest BCUT2D eigenvalue weighted by Gasteiger charge is 2.34. The van der Waals surface area contributed by atoms with Gasteiger partial charge in [0.25, 0.3) is 5.91 Å². The molecule has 0 N–H and O–H groups in total. The van der Waals surface area contributed by atoms with E-state index < -0.39 is 0 Å². The van der Waals surface area contributed by atoms with Gasteiger partial charge in [-0.05, 0) is 37.0 Å². The molecule has 1 saturated heterocycles. The molecular formula is C19H23N5O. The summed E-state index contributed by atoms with van der Waals surface area (Å²) in [5.41, 5.74) is 1.76. The molecule has 25 heavy (non-hydrogen) atoms. The smallest absolute Gasteiger partial charge is 0.256 e. The number of pyridine rings is 1. The van der Waals surface area contributed by atoms with Gasteiger partial charge in [-0.15, -0.1) is 10.2 Å². The summed E-state index contributed by atoms with van der Waals surface area (Å²) >= 11 is 0. The lowest BCUT2D eigenvalue weighted by molar-refractivity contribution is 0.0727. The van der Waals surface area contributed by atoms with Crippen LogP contribution in [0.2, 0.25) is 0 Å². The molecule has 3 aromatic rings. The van der Waals surface area contributed by atoms with E-state index >= 15 is 0 Å². The maximum atomic E-state index is 13.1. The number of carbonyl (C=O) groups is 1. The zero-order valence-corrected chi connectivity index (χ0v) is 14.7. The van der Waals surface area contributed by atoms with Gasteiger partial charge in [0.2, 0.25) is 0 Å². The van der Waals surface area contributed by atoms with Crippen molar-refractivity contribution in [2.45, 2.75) is 39.3 Å². The predicted molar refractivity (Wildman–Crippen MR) is 95.3 cm³/mol. The van der Waals surface area contributed by atoms with Crippen LogP contribution in [0.25, 0.3) is 5.52 Å². The average molecular weight is 337 g/mol. The molecule has 4 heterocycles. The van der Waals surface area contributed by atoms with Crippen LogP contribution in [0.3, 0.4) is 0 Å². The molecule has 130 valence electrons. The third-order valence-corrected chi connectivity index (χ3v) is 4.77. The number of nitrogens with zero attached hydrogens (tertiary/aromatic N) is 5. The summed E-state index contributed by atoms with van der Waals surface area (Å²) < 4.78 is 4.08. The molecule has 1 fully saturated rings. The lowest BCUT2D eigenvalue weighted by Crippen LogP contribution is -2.32. The van der Waals surface area contributed by atoms with E-state index in [-0.39, 0.29) is 11.9 Å². The van der Waals surface area contributed by atoms with Crippen molar-refractivity contribution >= 4 is 11.4 Å². The Bertz CT molecular complexity index is 861. The van der Waals surface area contributed by atoms with E-state index in [4.69, 9.17) is 0 Å². The minimum absolute atomic E-state index is 0.0109. The molecule has 1 atom stereocenters. The SMILES string of the molecule is CC(C)Cn1cnnc1C1CCCN1C(=O)c1cc2ccccn2c1. The van der Waals surface area contributed by atoms with Crippen molar-refractivity contribution in [2.24, 2.45) is 5.92 Å². The topological polar surface area (TPSA) is 55.4 Å².